The van der Waals surface area contributed by atoms with Gasteiger partial charge < -0.3 is 20.5 Å². The lowest BCUT2D eigenvalue weighted by atomic mass is 10.1. The highest BCUT2D eigenvalue weighted by molar-refractivity contribution is 5.71. The Labute approximate surface area is 156 Å². The number of methoxy groups -OCH3 is 1. The number of hydrogen-bond donors (Lipinski definition) is 2. The van der Waals surface area contributed by atoms with Crippen molar-refractivity contribution in [1.82, 2.24) is 20.1 Å². The van der Waals surface area contributed by atoms with Gasteiger partial charge in [0.15, 0.2) is 0 Å². The molecule has 0 fully saturated rings. The van der Waals surface area contributed by atoms with Crippen LogP contribution in [0.5, 0.6) is 11.6 Å². The van der Waals surface area contributed by atoms with Crippen LogP contribution >= 0.6 is 0 Å². The smallest absolute Gasteiger partial charge is 0.312 e. The largest absolute Gasteiger partial charge is 0.492 e. The van der Waals surface area contributed by atoms with Crippen molar-refractivity contribution in [3.63, 3.8) is 0 Å². The van der Waals surface area contributed by atoms with Crippen molar-refractivity contribution in [2.24, 2.45) is 5.73 Å². The summed E-state index contributed by atoms with van der Waals surface area (Å²) in [4.78, 5) is 14.9. The number of carbonyl (C=O) groups excluding carboxylic acids is 1. The zero-order chi connectivity index (χ0) is 19.2. The Kier molecular flexibility index (Phi) is 5.55. The van der Waals surface area contributed by atoms with Gasteiger partial charge in [-0.05, 0) is 42.8 Å². The minimum atomic E-state index is -0.564. The second-order valence-electron chi connectivity index (χ2n) is 5.81. The maximum Gasteiger partial charge on any atom is 0.312 e. The molecule has 0 aliphatic heterocycles. The van der Waals surface area contributed by atoms with E-state index in [-0.39, 0.29) is 0 Å². The fourth-order valence-electron chi connectivity index (χ4n) is 2.65. The van der Waals surface area contributed by atoms with E-state index in [4.69, 9.17) is 15.2 Å². The number of rotatable bonds is 7. The lowest BCUT2D eigenvalue weighted by Gasteiger charge is -2.11. The second-order valence-corrected chi connectivity index (χ2v) is 5.81. The Morgan fingerprint density at radius 3 is 2.59 bits per heavy atom. The summed E-state index contributed by atoms with van der Waals surface area (Å²) in [5.41, 5.74) is 8.88. The molecule has 2 heterocycles. The first-order valence-electron chi connectivity index (χ1n) is 8.40. The third-order valence-electron chi connectivity index (χ3n) is 3.92. The summed E-state index contributed by atoms with van der Waals surface area (Å²) in [5.74, 6) is 1.26. The summed E-state index contributed by atoms with van der Waals surface area (Å²) in [5, 5.41) is 6.95. The van der Waals surface area contributed by atoms with Crippen molar-refractivity contribution in [2.45, 2.75) is 6.92 Å². The fraction of sp³-hybridized carbons (Fsp3) is 0.211. The van der Waals surface area contributed by atoms with Crippen molar-refractivity contribution in [3.05, 3.63) is 54.4 Å². The number of urea groups is 1. The number of aryl methyl sites for hydroxylation is 1. The molecular formula is C19H21N5O3. The lowest BCUT2D eigenvalue weighted by molar-refractivity contribution is 0.244. The van der Waals surface area contributed by atoms with Crippen molar-refractivity contribution in [2.75, 3.05) is 20.3 Å². The van der Waals surface area contributed by atoms with E-state index in [1.54, 1.807) is 19.4 Å². The Bertz CT molecular complexity index is 904. The Morgan fingerprint density at radius 2 is 1.96 bits per heavy atom. The van der Waals surface area contributed by atoms with Crippen LogP contribution in [0.1, 0.15) is 5.56 Å². The molecular weight excluding hydrogens is 346 g/mol. The van der Waals surface area contributed by atoms with E-state index < -0.39 is 6.03 Å². The molecule has 0 spiro atoms. The van der Waals surface area contributed by atoms with Gasteiger partial charge in [-0.2, -0.15) is 5.10 Å². The van der Waals surface area contributed by atoms with Gasteiger partial charge in [0.1, 0.15) is 12.4 Å². The van der Waals surface area contributed by atoms with E-state index in [0.717, 1.165) is 22.5 Å². The maximum atomic E-state index is 10.6. The highest BCUT2D eigenvalue weighted by Crippen LogP contribution is 2.28. The van der Waals surface area contributed by atoms with E-state index in [9.17, 15) is 4.79 Å². The number of carbonyl (C=O) groups is 1. The van der Waals surface area contributed by atoms with E-state index >= 15 is 0 Å². The monoisotopic (exact) mass is 367 g/mol. The normalized spacial score (nSPS) is 10.4. The minimum Gasteiger partial charge on any atom is -0.492 e. The molecule has 140 valence electrons. The molecule has 0 saturated carbocycles. The molecule has 0 bridgehead atoms. The van der Waals surface area contributed by atoms with Gasteiger partial charge in [0.2, 0.25) is 5.88 Å². The lowest BCUT2D eigenvalue weighted by Crippen LogP contribution is -2.32. The molecule has 8 heteroatoms. The maximum absolute atomic E-state index is 10.6. The summed E-state index contributed by atoms with van der Waals surface area (Å²) in [6.07, 6.45) is 3.54. The van der Waals surface area contributed by atoms with Gasteiger partial charge in [0.05, 0.1) is 37.4 Å². The topological polar surface area (TPSA) is 104 Å². The van der Waals surface area contributed by atoms with Gasteiger partial charge in [-0.1, -0.05) is 0 Å². The molecule has 2 amide bonds. The predicted molar refractivity (Wildman–Crippen MR) is 101 cm³/mol. The molecule has 3 N–H and O–H groups in total. The van der Waals surface area contributed by atoms with Crippen LogP contribution < -0.4 is 20.5 Å². The average Bonchev–Trinajstić information content (AvgIpc) is 3.07. The molecule has 0 aliphatic carbocycles. The Balaban J connectivity index is 1.78. The highest BCUT2D eigenvalue weighted by atomic mass is 16.5. The van der Waals surface area contributed by atoms with Crippen LogP contribution in [0.25, 0.3) is 16.9 Å². The van der Waals surface area contributed by atoms with Crippen molar-refractivity contribution in [3.8, 4) is 28.6 Å². The number of pyridine rings is 1. The zero-order valence-electron chi connectivity index (χ0n) is 15.2. The van der Waals surface area contributed by atoms with Gasteiger partial charge in [-0.3, -0.25) is 0 Å². The van der Waals surface area contributed by atoms with Crippen molar-refractivity contribution < 1.29 is 14.3 Å². The first kappa shape index (κ1) is 18.2. The number of nitrogens with two attached hydrogens (primary N) is 1. The third kappa shape index (κ3) is 4.35. The first-order valence-corrected chi connectivity index (χ1v) is 8.40. The van der Waals surface area contributed by atoms with Crippen LogP contribution in [0.4, 0.5) is 4.79 Å². The second kappa shape index (κ2) is 8.22. The van der Waals surface area contributed by atoms with Gasteiger partial charge >= 0.3 is 6.03 Å². The molecule has 0 aliphatic rings. The molecule has 1 aromatic carbocycles. The van der Waals surface area contributed by atoms with Crippen LogP contribution in [0.2, 0.25) is 0 Å². The van der Waals surface area contributed by atoms with E-state index in [2.05, 4.69) is 15.4 Å². The van der Waals surface area contributed by atoms with Crippen LogP contribution in [0, 0.1) is 6.92 Å². The predicted octanol–water partition coefficient (Wildman–Crippen LogP) is 2.30. The van der Waals surface area contributed by atoms with Crippen LogP contribution in [0.3, 0.4) is 0 Å². The highest BCUT2D eigenvalue weighted by Gasteiger charge is 2.12. The van der Waals surface area contributed by atoms with Gasteiger partial charge in [-0.25, -0.2) is 14.5 Å². The summed E-state index contributed by atoms with van der Waals surface area (Å²) in [6, 6.07) is 10.8. The molecule has 0 unspecified atom stereocenters. The molecule has 0 atom stereocenters. The summed E-state index contributed by atoms with van der Waals surface area (Å²) >= 11 is 0. The van der Waals surface area contributed by atoms with E-state index in [1.807, 2.05) is 48.1 Å². The van der Waals surface area contributed by atoms with Gasteiger partial charge in [0, 0.05) is 11.6 Å². The third-order valence-corrected chi connectivity index (χ3v) is 3.92. The fourth-order valence-corrected chi connectivity index (χ4v) is 2.65. The number of amides is 2. The standard InChI is InChI=1S/C19H21N5O3/c1-13-11-23-24(15-5-8-17(26-2)22-12-15)18(13)14-3-6-16(7-4-14)27-10-9-21-19(20)25/h3-8,11-12H,9-10H2,1-2H3,(H3,20,21,25). The average molecular weight is 367 g/mol. The van der Waals surface area contributed by atoms with Crippen molar-refractivity contribution in [1.29, 1.82) is 0 Å². The zero-order valence-corrected chi connectivity index (χ0v) is 15.2. The number of nitrogens with one attached hydrogen (secondary N) is 1. The molecule has 3 rings (SSSR count). The Hall–Kier alpha value is -3.55. The minimum absolute atomic E-state index is 0.344. The number of primary amides is 1. The van der Waals surface area contributed by atoms with Gasteiger partial charge in [0.25, 0.3) is 0 Å². The van der Waals surface area contributed by atoms with Crippen molar-refractivity contribution >= 4 is 6.03 Å². The molecule has 8 nitrogen and oxygen atoms in total. The Morgan fingerprint density at radius 1 is 1.19 bits per heavy atom. The number of ether oxygens (including phenoxy) is 2. The van der Waals surface area contributed by atoms with Crippen LogP contribution in [-0.2, 0) is 0 Å². The molecule has 0 radical (unpaired) electrons. The quantitative estimate of drug-likeness (QED) is 0.624. The van der Waals surface area contributed by atoms with Crippen LogP contribution in [0.15, 0.2) is 48.8 Å². The number of nitrogens with zero attached hydrogens (tertiary/aromatic N) is 3. The molecule has 27 heavy (non-hydrogen) atoms. The summed E-state index contributed by atoms with van der Waals surface area (Å²) in [7, 11) is 1.58. The SMILES string of the molecule is COc1ccc(-n2ncc(C)c2-c2ccc(OCCNC(N)=O)cc2)cn1. The van der Waals surface area contributed by atoms with E-state index in [0.29, 0.717) is 24.8 Å². The number of aromatic nitrogens is 3. The first-order chi connectivity index (χ1) is 13.1. The van der Waals surface area contributed by atoms with E-state index in [1.165, 1.54) is 0 Å². The number of hydrogen-bond acceptors (Lipinski definition) is 5. The summed E-state index contributed by atoms with van der Waals surface area (Å²) < 4.78 is 12.5. The van der Waals surface area contributed by atoms with Crippen LogP contribution in [-0.4, -0.2) is 41.1 Å². The number of benzene rings is 1. The molecule has 3 aromatic rings. The molecule has 2 aromatic heterocycles. The molecule has 0 saturated heterocycles. The summed E-state index contributed by atoms with van der Waals surface area (Å²) in [6.45, 7) is 2.71. The van der Waals surface area contributed by atoms with Gasteiger partial charge in [-0.15, -0.1) is 0 Å².